The van der Waals surface area contributed by atoms with Crippen LogP contribution in [0.3, 0.4) is 0 Å². The van der Waals surface area contributed by atoms with Gasteiger partial charge in [-0.15, -0.1) is 0 Å². The van der Waals surface area contributed by atoms with Crippen molar-refractivity contribution in [1.82, 2.24) is 0 Å². The van der Waals surface area contributed by atoms with Gasteiger partial charge in [-0.25, -0.2) is 0 Å². The molecule has 8 bridgehead atoms. The molecule has 6 heterocycles. The third-order valence-corrected chi connectivity index (χ3v) is 58.0. The first kappa shape index (κ1) is 45.7. The van der Waals surface area contributed by atoms with Crippen molar-refractivity contribution in [2.75, 3.05) is 0 Å². The van der Waals surface area contributed by atoms with Crippen molar-refractivity contribution >= 4 is 80.8 Å². The Balaban J connectivity index is 1.17. The zero-order valence-corrected chi connectivity index (χ0v) is 46.8. The summed E-state index contributed by atoms with van der Waals surface area (Å²) in [5.74, 6) is 0. The molecule has 0 amide bonds. The Hall–Kier alpha value is 1.55. The molecule has 0 radical (unpaired) electrons. The van der Waals surface area contributed by atoms with Crippen molar-refractivity contribution in [3.05, 3.63) is 0 Å². The SMILES string of the molecule is Cl[Si]12O[Si]3(C4CCCCC4)O[Si]4(C5CCCCC5)O[Si](C5CCCCC5)(O1)O[Si]1(C5CCCCC5)O[Si](C5CCCCC5)(O2)O[Si](C2CCCCC2)(O3)O[Si](C2CCCCC2)(O4)O1. The Labute approximate surface area is 391 Å². The van der Waals surface area contributed by atoms with Crippen molar-refractivity contribution in [2.24, 2.45) is 0 Å². The average molecular weight is 1030 g/mol. The summed E-state index contributed by atoms with van der Waals surface area (Å²) < 4.78 is 100. The van der Waals surface area contributed by atoms with Crippen molar-refractivity contribution < 1.29 is 49.4 Å². The summed E-state index contributed by atoms with van der Waals surface area (Å²) >= 11 is 8.38. The maximum absolute atomic E-state index is 8.58. The first-order valence-corrected chi connectivity index (χ1v) is 42.2. The second-order valence-corrected chi connectivity index (χ2v) is 48.6. The van der Waals surface area contributed by atoms with Crippen LogP contribution in [-0.2, 0) is 49.4 Å². The molecule has 63 heavy (non-hydrogen) atoms. The standard InChI is InChI=1S/C42H77ClO12Si8/c43-63-53-60(40-30-16-5-17-31-40)47-57(37-24-10-2-11-25-37)44-56(36-22-8-1-9-23-36)45-58(49-60,38-26-12-3-13-27-38)51-62(55-63,42-34-20-7-21-35-42)52-59(46-56,39-28-14-4-15-29-39)50-61(48-57,54-63)41-32-18-6-19-33-41/h36-42H,1-35H2. The summed E-state index contributed by atoms with van der Waals surface area (Å²) in [6, 6.07) is 0. The van der Waals surface area contributed by atoms with Crippen molar-refractivity contribution in [3.8, 4) is 0 Å². The van der Waals surface area contributed by atoms with E-state index in [1.54, 1.807) is 0 Å². The molecule has 0 N–H and O–H groups in total. The molecule has 0 aromatic heterocycles. The number of hydrogen-bond acceptors (Lipinski definition) is 12. The van der Waals surface area contributed by atoms with Gasteiger partial charge in [-0.1, -0.05) is 146 Å². The van der Waals surface area contributed by atoms with Crippen LogP contribution in [0.25, 0.3) is 0 Å². The highest BCUT2D eigenvalue weighted by atomic mass is 35.6. The summed E-state index contributed by atoms with van der Waals surface area (Å²) in [5, 5.41) is 0. The van der Waals surface area contributed by atoms with Crippen LogP contribution in [0.15, 0.2) is 0 Å². The highest BCUT2D eigenvalue weighted by Gasteiger charge is 2.88. The van der Waals surface area contributed by atoms with E-state index in [0.29, 0.717) is 0 Å². The van der Waals surface area contributed by atoms with Gasteiger partial charge >= 0.3 is 69.7 Å². The van der Waals surface area contributed by atoms with Crippen LogP contribution in [0.5, 0.6) is 0 Å². The molecule has 12 nitrogen and oxygen atoms in total. The predicted octanol–water partition coefficient (Wildman–Crippen LogP) is 12.8. The van der Waals surface area contributed by atoms with E-state index in [1.807, 2.05) is 0 Å². The third-order valence-electron chi connectivity index (χ3n) is 18.1. The van der Waals surface area contributed by atoms with Gasteiger partial charge in [-0.2, -0.15) is 0 Å². The van der Waals surface area contributed by atoms with Gasteiger partial charge < -0.3 is 49.4 Å². The van der Waals surface area contributed by atoms with E-state index in [1.165, 1.54) is 44.9 Å². The van der Waals surface area contributed by atoms with E-state index < -0.39 is 69.7 Å². The Bertz CT molecular complexity index is 1430. The van der Waals surface area contributed by atoms with E-state index in [4.69, 9.17) is 60.5 Å². The summed E-state index contributed by atoms with van der Waals surface area (Å²) in [4.78, 5) is 0. The smallest absolute Gasteiger partial charge is 0.373 e. The van der Waals surface area contributed by atoms with Gasteiger partial charge in [0, 0.05) is 38.8 Å². The van der Waals surface area contributed by atoms with Crippen LogP contribution < -0.4 is 0 Å². The van der Waals surface area contributed by atoms with E-state index >= 15 is 0 Å². The molecule has 7 aliphatic carbocycles. The molecular formula is C42H77ClO12Si8. The fourth-order valence-electron chi connectivity index (χ4n) is 14.7. The molecule has 0 atom stereocenters. The van der Waals surface area contributed by atoms with E-state index in [9.17, 15) is 0 Å². The van der Waals surface area contributed by atoms with Crippen LogP contribution >= 0.6 is 11.1 Å². The Morgan fingerprint density at radius 3 is 0.460 bits per heavy atom. The Morgan fingerprint density at radius 1 is 0.190 bits per heavy atom. The van der Waals surface area contributed by atoms with Crippen LogP contribution in [0.4, 0.5) is 0 Å². The van der Waals surface area contributed by atoms with Gasteiger partial charge in [0.1, 0.15) is 0 Å². The summed E-state index contributed by atoms with van der Waals surface area (Å²) in [5.41, 5.74) is 0.0779. The molecule has 0 aromatic rings. The minimum absolute atomic E-state index is 0.0183. The lowest BCUT2D eigenvalue weighted by Crippen LogP contribution is -2.90. The van der Waals surface area contributed by atoms with Gasteiger partial charge in [0.2, 0.25) is 0 Å². The third kappa shape index (κ3) is 8.18. The van der Waals surface area contributed by atoms with E-state index in [2.05, 4.69) is 0 Å². The maximum Gasteiger partial charge on any atom is 0.591 e. The molecule has 13 fully saturated rings. The minimum Gasteiger partial charge on any atom is -0.373 e. The zero-order chi connectivity index (χ0) is 42.3. The lowest BCUT2D eigenvalue weighted by atomic mass is 10.0. The number of hydrogen-bond donors (Lipinski definition) is 0. The molecular weight excluding hydrogens is 957 g/mol. The largest absolute Gasteiger partial charge is 0.591 e. The summed E-state index contributed by atoms with van der Waals surface area (Å²) in [7, 11) is -32.3. The quantitative estimate of drug-likeness (QED) is 0.179. The molecule has 13 aliphatic rings. The summed E-state index contributed by atoms with van der Waals surface area (Å²) in [6.07, 6.45) is 37.1. The first-order chi connectivity index (χ1) is 30.7. The fraction of sp³-hybridized carbons (Fsp3) is 1.00. The van der Waals surface area contributed by atoms with E-state index in [0.717, 1.165) is 180 Å². The van der Waals surface area contributed by atoms with Crippen molar-refractivity contribution in [3.63, 3.8) is 0 Å². The van der Waals surface area contributed by atoms with Gasteiger partial charge in [0.15, 0.2) is 0 Å². The topological polar surface area (TPSA) is 111 Å². The molecule has 13 rings (SSSR count). The highest BCUT2D eigenvalue weighted by Crippen LogP contribution is 2.65. The summed E-state index contributed by atoms with van der Waals surface area (Å²) in [6.45, 7) is 0. The first-order valence-electron chi connectivity index (χ1n) is 26.8. The molecule has 6 aliphatic heterocycles. The van der Waals surface area contributed by atoms with Crippen LogP contribution in [0.2, 0.25) is 38.8 Å². The maximum atomic E-state index is 8.58. The van der Waals surface area contributed by atoms with Gasteiger partial charge in [-0.05, 0) is 89.9 Å². The van der Waals surface area contributed by atoms with Crippen molar-refractivity contribution in [1.29, 1.82) is 0 Å². The lowest BCUT2D eigenvalue weighted by molar-refractivity contribution is -0.0469. The molecule has 21 heteroatoms. The van der Waals surface area contributed by atoms with Gasteiger partial charge in [0.25, 0.3) is 0 Å². The predicted molar refractivity (Wildman–Crippen MR) is 253 cm³/mol. The number of halogens is 1. The molecule has 0 unspecified atom stereocenters. The molecule has 356 valence electrons. The average Bonchev–Trinajstić information content (AvgIpc) is 3.30. The Kier molecular flexibility index (Phi) is 13.0. The van der Waals surface area contributed by atoms with Crippen LogP contribution in [-0.4, -0.2) is 69.7 Å². The van der Waals surface area contributed by atoms with Gasteiger partial charge in [0.05, 0.1) is 0 Å². The fourth-order valence-corrected chi connectivity index (χ4v) is 70.8. The normalized spacial score (nSPS) is 48.3. The van der Waals surface area contributed by atoms with Gasteiger partial charge in [-0.3, -0.25) is 0 Å². The van der Waals surface area contributed by atoms with Crippen molar-refractivity contribution in [2.45, 2.75) is 264 Å². The minimum atomic E-state index is -4.36. The molecule has 0 spiro atoms. The van der Waals surface area contributed by atoms with Crippen LogP contribution in [0, 0.1) is 0 Å². The highest BCUT2D eigenvalue weighted by molar-refractivity contribution is 7.18. The zero-order valence-electron chi connectivity index (χ0n) is 38.1. The van der Waals surface area contributed by atoms with E-state index in [-0.39, 0.29) is 38.8 Å². The second-order valence-electron chi connectivity index (χ2n) is 22.3. The number of rotatable bonds is 7. The second kappa shape index (κ2) is 18.0. The lowest BCUT2D eigenvalue weighted by Gasteiger charge is -2.67. The Morgan fingerprint density at radius 2 is 0.317 bits per heavy atom. The molecule has 6 saturated heterocycles. The molecule has 7 saturated carbocycles. The van der Waals surface area contributed by atoms with Crippen LogP contribution in [0.1, 0.15) is 225 Å². The monoisotopic (exact) mass is 1030 g/mol. The molecule has 0 aromatic carbocycles.